The third-order valence-corrected chi connectivity index (χ3v) is 8.92. The van der Waals surface area contributed by atoms with Gasteiger partial charge in [0.25, 0.3) is 0 Å². The fraction of sp³-hybridized carbons (Fsp3) is 1.00. The molecule has 0 bridgehead atoms. The molecule has 0 aromatic heterocycles. The minimum atomic E-state index is 1.02. The van der Waals surface area contributed by atoms with Crippen LogP contribution in [0.2, 0.25) is 0 Å². The molecule has 0 spiro atoms. The number of hydrogen-bond acceptors (Lipinski definition) is 0. The Morgan fingerprint density at radius 3 is 1.71 bits per heavy atom. The molecule has 4 aliphatic rings. The van der Waals surface area contributed by atoms with E-state index in [0.29, 0.717) is 0 Å². The summed E-state index contributed by atoms with van der Waals surface area (Å²) in [6.07, 6.45) is 21.9. The standard InChI is InChI=1S/C24H42/c1-17-7-9-19(10-8-17)21-13-14-22(16-23(15-21)20-11-12-20)24-6-4-3-5-18(24)2/h17-24H,3-16H2,1-2H3. The first kappa shape index (κ1) is 17.4. The first-order valence-electron chi connectivity index (χ1n) is 11.7. The average Bonchev–Trinajstić information content (AvgIpc) is 3.42. The van der Waals surface area contributed by atoms with E-state index in [2.05, 4.69) is 13.8 Å². The zero-order valence-corrected chi connectivity index (χ0v) is 16.5. The molecule has 0 nitrogen and oxygen atoms in total. The van der Waals surface area contributed by atoms with E-state index >= 15 is 0 Å². The quantitative estimate of drug-likeness (QED) is 0.471. The van der Waals surface area contributed by atoms with Crippen LogP contribution in [-0.2, 0) is 0 Å². The zero-order valence-electron chi connectivity index (χ0n) is 16.5. The fourth-order valence-electron chi connectivity index (χ4n) is 7.11. The summed E-state index contributed by atoms with van der Waals surface area (Å²) in [6.45, 7) is 5.07. The predicted molar refractivity (Wildman–Crippen MR) is 104 cm³/mol. The Bertz CT molecular complexity index is 387. The molecule has 4 fully saturated rings. The van der Waals surface area contributed by atoms with Crippen molar-refractivity contribution in [2.75, 3.05) is 0 Å². The largest absolute Gasteiger partial charge is 0.0625 e. The topological polar surface area (TPSA) is 0 Å². The normalized spacial score (nSPS) is 48.0. The molecular weight excluding hydrogens is 288 g/mol. The molecule has 0 aliphatic heterocycles. The van der Waals surface area contributed by atoms with Gasteiger partial charge >= 0.3 is 0 Å². The Hall–Kier alpha value is 0. The van der Waals surface area contributed by atoms with Crippen LogP contribution in [0.15, 0.2) is 0 Å². The first-order valence-corrected chi connectivity index (χ1v) is 11.7. The highest BCUT2D eigenvalue weighted by molar-refractivity contribution is 4.92. The van der Waals surface area contributed by atoms with Crippen molar-refractivity contribution >= 4 is 0 Å². The Kier molecular flexibility index (Phi) is 5.59. The first-order chi connectivity index (χ1) is 11.7. The molecule has 0 saturated heterocycles. The number of rotatable bonds is 3. The highest BCUT2D eigenvalue weighted by Gasteiger charge is 2.41. The highest BCUT2D eigenvalue weighted by atomic mass is 14.5. The molecule has 0 amide bonds. The van der Waals surface area contributed by atoms with Crippen LogP contribution < -0.4 is 0 Å². The van der Waals surface area contributed by atoms with Gasteiger partial charge in [-0.1, -0.05) is 46.0 Å². The van der Waals surface area contributed by atoms with Gasteiger partial charge in [-0.15, -0.1) is 0 Å². The van der Waals surface area contributed by atoms with Crippen molar-refractivity contribution < 1.29 is 0 Å². The van der Waals surface area contributed by atoms with Gasteiger partial charge in [-0.05, 0) is 105 Å². The van der Waals surface area contributed by atoms with Gasteiger partial charge in [0.05, 0.1) is 0 Å². The second kappa shape index (κ2) is 7.71. The molecule has 0 aromatic carbocycles. The van der Waals surface area contributed by atoms with Gasteiger partial charge < -0.3 is 0 Å². The molecule has 4 aliphatic carbocycles. The van der Waals surface area contributed by atoms with E-state index in [0.717, 1.165) is 47.3 Å². The molecule has 0 heteroatoms. The monoisotopic (exact) mass is 330 g/mol. The van der Waals surface area contributed by atoms with E-state index in [1.165, 1.54) is 32.1 Å². The molecule has 0 heterocycles. The molecule has 24 heavy (non-hydrogen) atoms. The molecule has 5 unspecified atom stereocenters. The van der Waals surface area contributed by atoms with Gasteiger partial charge in [-0.3, -0.25) is 0 Å². The van der Waals surface area contributed by atoms with Crippen molar-refractivity contribution in [3.05, 3.63) is 0 Å². The third-order valence-electron chi connectivity index (χ3n) is 8.92. The molecule has 0 N–H and O–H groups in total. The van der Waals surface area contributed by atoms with Gasteiger partial charge in [-0.2, -0.15) is 0 Å². The van der Waals surface area contributed by atoms with Crippen LogP contribution in [0.3, 0.4) is 0 Å². The summed E-state index contributed by atoms with van der Waals surface area (Å²) in [4.78, 5) is 0. The maximum Gasteiger partial charge on any atom is -0.0360 e. The Balaban J connectivity index is 1.42. The van der Waals surface area contributed by atoms with E-state index < -0.39 is 0 Å². The van der Waals surface area contributed by atoms with E-state index in [-0.39, 0.29) is 0 Å². The van der Waals surface area contributed by atoms with Crippen LogP contribution in [0.4, 0.5) is 0 Å². The van der Waals surface area contributed by atoms with E-state index in [1.807, 2.05) is 0 Å². The summed E-state index contributed by atoms with van der Waals surface area (Å²) in [7, 11) is 0. The second-order valence-corrected chi connectivity index (χ2v) is 10.6. The van der Waals surface area contributed by atoms with Crippen molar-refractivity contribution in [1.82, 2.24) is 0 Å². The maximum absolute atomic E-state index is 2.58. The van der Waals surface area contributed by atoms with Gasteiger partial charge in [0.2, 0.25) is 0 Å². The van der Waals surface area contributed by atoms with Gasteiger partial charge in [0.15, 0.2) is 0 Å². The zero-order chi connectivity index (χ0) is 16.5. The lowest BCUT2D eigenvalue weighted by Gasteiger charge is -2.36. The summed E-state index contributed by atoms with van der Waals surface area (Å²) < 4.78 is 0. The lowest BCUT2D eigenvalue weighted by Crippen LogP contribution is -2.26. The highest BCUT2D eigenvalue weighted by Crippen LogP contribution is 2.52. The molecule has 0 aromatic rings. The minimum Gasteiger partial charge on any atom is -0.0625 e. The summed E-state index contributed by atoms with van der Waals surface area (Å²) >= 11 is 0. The van der Waals surface area contributed by atoms with Crippen molar-refractivity contribution in [1.29, 1.82) is 0 Å². The van der Waals surface area contributed by atoms with Gasteiger partial charge in [0, 0.05) is 0 Å². The van der Waals surface area contributed by atoms with Crippen LogP contribution in [0.5, 0.6) is 0 Å². The van der Waals surface area contributed by atoms with Crippen molar-refractivity contribution in [3.63, 3.8) is 0 Å². The minimum absolute atomic E-state index is 1.02. The lowest BCUT2D eigenvalue weighted by atomic mass is 9.69. The molecule has 138 valence electrons. The third kappa shape index (κ3) is 4.04. The van der Waals surface area contributed by atoms with Crippen LogP contribution in [0.1, 0.15) is 104 Å². The smallest absolute Gasteiger partial charge is 0.0360 e. The van der Waals surface area contributed by atoms with Crippen LogP contribution in [0.25, 0.3) is 0 Å². The SMILES string of the molecule is CC1CCC(C2CCC(C3CCCCC3C)CC(C3CC3)C2)CC1. The van der Waals surface area contributed by atoms with Crippen LogP contribution in [0, 0.1) is 47.3 Å². The molecule has 0 radical (unpaired) electrons. The van der Waals surface area contributed by atoms with Gasteiger partial charge in [-0.25, -0.2) is 0 Å². The number of hydrogen-bond donors (Lipinski definition) is 0. The second-order valence-electron chi connectivity index (χ2n) is 10.6. The van der Waals surface area contributed by atoms with Crippen molar-refractivity contribution in [3.8, 4) is 0 Å². The van der Waals surface area contributed by atoms with Crippen molar-refractivity contribution in [2.24, 2.45) is 47.3 Å². The van der Waals surface area contributed by atoms with E-state index in [9.17, 15) is 0 Å². The lowest BCUT2D eigenvalue weighted by molar-refractivity contribution is 0.144. The average molecular weight is 331 g/mol. The van der Waals surface area contributed by atoms with Crippen LogP contribution in [-0.4, -0.2) is 0 Å². The molecular formula is C24H42. The maximum atomic E-state index is 2.58. The summed E-state index contributed by atoms with van der Waals surface area (Å²) in [5.41, 5.74) is 0. The summed E-state index contributed by atoms with van der Waals surface area (Å²) in [5.74, 6) is 8.70. The Morgan fingerprint density at radius 1 is 0.458 bits per heavy atom. The van der Waals surface area contributed by atoms with Crippen LogP contribution >= 0.6 is 0 Å². The summed E-state index contributed by atoms with van der Waals surface area (Å²) in [5, 5.41) is 0. The molecule has 4 saturated carbocycles. The van der Waals surface area contributed by atoms with E-state index in [1.54, 1.807) is 57.8 Å². The predicted octanol–water partition coefficient (Wildman–Crippen LogP) is 7.47. The fourth-order valence-corrected chi connectivity index (χ4v) is 7.11. The van der Waals surface area contributed by atoms with Crippen molar-refractivity contribution in [2.45, 2.75) is 104 Å². The summed E-state index contributed by atoms with van der Waals surface area (Å²) in [6, 6.07) is 0. The Labute approximate surface area is 151 Å². The molecule has 4 rings (SSSR count). The van der Waals surface area contributed by atoms with Gasteiger partial charge in [0.1, 0.15) is 0 Å². The van der Waals surface area contributed by atoms with E-state index in [4.69, 9.17) is 0 Å². The Morgan fingerprint density at radius 2 is 1.00 bits per heavy atom. The molecule has 5 atom stereocenters.